The number of fused-ring (bicyclic) bond motifs is 1. The van der Waals surface area contributed by atoms with Gasteiger partial charge in [0.25, 0.3) is 5.91 Å². The number of carbonyl (C=O) groups excluding carboxylic acids is 1. The Bertz CT molecular complexity index is 919. The lowest BCUT2D eigenvalue weighted by molar-refractivity contribution is 0.0924. The third kappa shape index (κ3) is 2.40. The van der Waals surface area contributed by atoms with Crippen molar-refractivity contribution in [1.82, 2.24) is 25.1 Å². The molecule has 3 heterocycles. The molecule has 0 fully saturated rings. The number of benzene rings is 1. The van der Waals surface area contributed by atoms with Gasteiger partial charge in [-0.15, -0.1) is 0 Å². The fourth-order valence-electron chi connectivity index (χ4n) is 2.72. The molecule has 1 aliphatic heterocycles. The average Bonchev–Trinajstić information content (AvgIpc) is 3.08. The molecule has 0 aliphatic carbocycles. The van der Waals surface area contributed by atoms with E-state index >= 15 is 0 Å². The Morgan fingerprint density at radius 2 is 2.08 bits per heavy atom. The molecule has 1 aliphatic rings. The minimum Gasteiger partial charge on any atom is -0.496 e. The number of ether oxygens (including phenoxy) is 1. The van der Waals surface area contributed by atoms with E-state index in [9.17, 15) is 4.79 Å². The van der Waals surface area contributed by atoms with Crippen LogP contribution in [0.1, 0.15) is 10.5 Å². The van der Waals surface area contributed by atoms with Gasteiger partial charge in [-0.2, -0.15) is 5.10 Å². The maximum atomic E-state index is 11.9. The SMILES string of the molecule is COc1ccccc1-c1nccc(-c2cc3n(n2)CCNC3=O)n1. The molecule has 0 radical (unpaired) electrons. The second-order valence-electron chi connectivity index (χ2n) is 5.36. The van der Waals surface area contributed by atoms with Gasteiger partial charge in [0.05, 0.1) is 24.9 Å². The lowest BCUT2D eigenvalue weighted by atomic mass is 10.1. The van der Waals surface area contributed by atoms with Crippen LogP contribution in [-0.4, -0.2) is 39.3 Å². The van der Waals surface area contributed by atoms with E-state index in [4.69, 9.17) is 4.74 Å². The average molecular weight is 321 g/mol. The summed E-state index contributed by atoms with van der Waals surface area (Å²) in [5.74, 6) is 1.15. The largest absolute Gasteiger partial charge is 0.496 e. The van der Waals surface area contributed by atoms with E-state index in [0.29, 0.717) is 41.7 Å². The van der Waals surface area contributed by atoms with Crippen LogP contribution in [0.2, 0.25) is 0 Å². The summed E-state index contributed by atoms with van der Waals surface area (Å²) in [5, 5.41) is 7.29. The summed E-state index contributed by atoms with van der Waals surface area (Å²) in [5.41, 5.74) is 2.68. The minimum atomic E-state index is -0.112. The number of methoxy groups -OCH3 is 1. The molecule has 0 bridgehead atoms. The summed E-state index contributed by atoms with van der Waals surface area (Å²) < 4.78 is 7.08. The minimum absolute atomic E-state index is 0.112. The summed E-state index contributed by atoms with van der Waals surface area (Å²) >= 11 is 0. The second kappa shape index (κ2) is 5.77. The summed E-state index contributed by atoms with van der Waals surface area (Å²) in [6.07, 6.45) is 1.68. The Kier molecular flexibility index (Phi) is 3.45. The van der Waals surface area contributed by atoms with E-state index in [1.54, 1.807) is 30.1 Å². The number of amides is 1. The molecule has 120 valence electrons. The first-order chi connectivity index (χ1) is 11.8. The highest BCUT2D eigenvalue weighted by Crippen LogP contribution is 2.28. The van der Waals surface area contributed by atoms with Gasteiger partial charge < -0.3 is 10.1 Å². The van der Waals surface area contributed by atoms with Gasteiger partial charge in [-0.25, -0.2) is 9.97 Å². The molecule has 1 aromatic carbocycles. The monoisotopic (exact) mass is 321 g/mol. The van der Waals surface area contributed by atoms with Crippen molar-refractivity contribution in [1.29, 1.82) is 0 Å². The van der Waals surface area contributed by atoms with Crippen LogP contribution in [0, 0.1) is 0 Å². The maximum absolute atomic E-state index is 11.9. The number of nitrogens with one attached hydrogen (secondary N) is 1. The summed E-state index contributed by atoms with van der Waals surface area (Å²) in [7, 11) is 1.62. The molecule has 0 atom stereocenters. The van der Waals surface area contributed by atoms with Crippen molar-refractivity contribution in [2.24, 2.45) is 0 Å². The molecule has 2 aromatic heterocycles. The van der Waals surface area contributed by atoms with Crippen molar-refractivity contribution >= 4 is 5.91 Å². The van der Waals surface area contributed by atoms with Crippen LogP contribution in [0.4, 0.5) is 0 Å². The van der Waals surface area contributed by atoms with Crippen LogP contribution in [0.5, 0.6) is 5.75 Å². The first-order valence-corrected chi connectivity index (χ1v) is 7.59. The highest BCUT2D eigenvalue weighted by atomic mass is 16.5. The first-order valence-electron chi connectivity index (χ1n) is 7.59. The molecule has 0 saturated heterocycles. The normalized spacial score (nSPS) is 13.3. The Hall–Kier alpha value is -3.22. The van der Waals surface area contributed by atoms with Crippen molar-refractivity contribution in [3.63, 3.8) is 0 Å². The Morgan fingerprint density at radius 1 is 1.21 bits per heavy atom. The van der Waals surface area contributed by atoms with Crippen molar-refractivity contribution in [3.05, 3.63) is 48.3 Å². The zero-order valence-corrected chi connectivity index (χ0v) is 13.1. The molecule has 4 rings (SSSR count). The zero-order chi connectivity index (χ0) is 16.5. The second-order valence-corrected chi connectivity index (χ2v) is 5.36. The maximum Gasteiger partial charge on any atom is 0.269 e. The molecule has 0 spiro atoms. The van der Waals surface area contributed by atoms with Gasteiger partial charge in [0.2, 0.25) is 0 Å². The summed E-state index contributed by atoms with van der Waals surface area (Å²) in [6.45, 7) is 1.24. The molecular weight excluding hydrogens is 306 g/mol. The number of hydrogen-bond donors (Lipinski definition) is 1. The zero-order valence-electron chi connectivity index (χ0n) is 13.1. The Balaban J connectivity index is 1.77. The van der Waals surface area contributed by atoms with Gasteiger partial charge in [-0.3, -0.25) is 9.48 Å². The van der Waals surface area contributed by atoms with E-state index in [0.717, 1.165) is 5.56 Å². The van der Waals surface area contributed by atoms with E-state index in [2.05, 4.69) is 20.4 Å². The number of para-hydroxylation sites is 1. The van der Waals surface area contributed by atoms with Crippen LogP contribution in [-0.2, 0) is 6.54 Å². The van der Waals surface area contributed by atoms with E-state index in [-0.39, 0.29) is 5.91 Å². The van der Waals surface area contributed by atoms with Gasteiger partial charge in [0.15, 0.2) is 5.82 Å². The van der Waals surface area contributed by atoms with Gasteiger partial charge in [0.1, 0.15) is 17.1 Å². The summed E-state index contributed by atoms with van der Waals surface area (Å²) in [4.78, 5) is 20.8. The van der Waals surface area contributed by atoms with Crippen molar-refractivity contribution < 1.29 is 9.53 Å². The molecule has 7 heteroatoms. The van der Waals surface area contributed by atoms with Crippen LogP contribution in [0.25, 0.3) is 22.8 Å². The molecule has 0 saturated carbocycles. The van der Waals surface area contributed by atoms with E-state index < -0.39 is 0 Å². The number of aromatic nitrogens is 4. The standard InChI is InChI=1S/C17H15N5O2/c1-24-15-5-3-2-4-11(15)16-18-7-6-12(20-16)13-10-14-17(23)19-8-9-22(14)21-13/h2-7,10H,8-9H2,1H3,(H,19,23). The molecule has 3 aromatic rings. The quantitative estimate of drug-likeness (QED) is 0.795. The van der Waals surface area contributed by atoms with Gasteiger partial charge in [-0.05, 0) is 24.3 Å². The molecule has 7 nitrogen and oxygen atoms in total. The number of carbonyl (C=O) groups is 1. The lowest BCUT2D eigenvalue weighted by Gasteiger charge is -2.13. The third-order valence-corrected chi connectivity index (χ3v) is 3.89. The van der Waals surface area contributed by atoms with Crippen LogP contribution < -0.4 is 10.1 Å². The van der Waals surface area contributed by atoms with E-state index in [1.807, 2.05) is 24.3 Å². The Labute approximate surface area is 138 Å². The van der Waals surface area contributed by atoms with Gasteiger partial charge in [-0.1, -0.05) is 12.1 Å². The fraction of sp³-hybridized carbons (Fsp3) is 0.176. The van der Waals surface area contributed by atoms with Crippen LogP contribution >= 0.6 is 0 Å². The highest BCUT2D eigenvalue weighted by Gasteiger charge is 2.20. The van der Waals surface area contributed by atoms with Gasteiger partial charge in [0, 0.05) is 12.7 Å². The molecular formula is C17H15N5O2. The fourth-order valence-corrected chi connectivity index (χ4v) is 2.72. The van der Waals surface area contributed by atoms with Gasteiger partial charge >= 0.3 is 0 Å². The van der Waals surface area contributed by atoms with Crippen molar-refractivity contribution in [2.75, 3.05) is 13.7 Å². The summed E-state index contributed by atoms with van der Waals surface area (Å²) in [6, 6.07) is 11.1. The van der Waals surface area contributed by atoms with Crippen LogP contribution in [0.15, 0.2) is 42.6 Å². The predicted octanol–water partition coefficient (Wildman–Crippen LogP) is 1.76. The first kappa shape index (κ1) is 14.4. The predicted molar refractivity (Wildman–Crippen MR) is 87.6 cm³/mol. The highest BCUT2D eigenvalue weighted by molar-refractivity contribution is 5.94. The number of nitrogens with zero attached hydrogens (tertiary/aromatic N) is 4. The van der Waals surface area contributed by atoms with Crippen molar-refractivity contribution in [2.45, 2.75) is 6.54 Å². The molecule has 1 N–H and O–H groups in total. The molecule has 0 unspecified atom stereocenters. The smallest absolute Gasteiger partial charge is 0.269 e. The topological polar surface area (TPSA) is 81.9 Å². The van der Waals surface area contributed by atoms with Crippen molar-refractivity contribution in [3.8, 4) is 28.5 Å². The Morgan fingerprint density at radius 3 is 2.92 bits per heavy atom. The lowest BCUT2D eigenvalue weighted by Crippen LogP contribution is -2.35. The molecule has 24 heavy (non-hydrogen) atoms. The molecule has 1 amide bonds. The van der Waals surface area contributed by atoms with Crippen LogP contribution in [0.3, 0.4) is 0 Å². The van der Waals surface area contributed by atoms with E-state index in [1.165, 1.54) is 0 Å². The number of rotatable bonds is 3. The number of hydrogen-bond acceptors (Lipinski definition) is 5. The third-order valence-electron chi connectivity index (χ3n) is 3.89.